The fourth-order valence-corrected chi connectivity index (χ4v) is 6.28. The van der Waals surface area contributed by atoms with E-state index in [4.69, 9.17) is 5.73 Å². The number of sulfonamides is 1. The predicted octanol–water partition coefficient (Wildman–Crippen LogP) is 2.93. The second kappa shape index (κ2) is 9.67. The Bertz CT molecular complexity index is 1230. The molecule has 0 aliphatic carbocycles. The third kappa shape index (κ3) is 5.29. The number of carbonyl (C=O) groups excluding carboxylic acids is 1. The lowest BCUT2D eigenvalue weighted by Crippen LogP contribution is -2.41. The molecule has 4 rings (SSSR count). The van der Waals surface area contributed by atoms with Crippen LogP contribution < -0.4 is 5.73 Å². The molecule has 0 radical (unpaired) electrons. The summed E-state index contributed by atoms with van der Waals surface area (Å²) in [5, 5.41) is 1.08. The van der Waals surface area contributed by atoms with E-state index in [2.05, 4.69) is 23.2 Å². The van der Waals surface area contributed by atoms with Gasteiger partial charge >= 0.3 is 0 Å². The first kappa shape index (κ1) is 23.5. The molecule has 0 unspecified atom stereocenters. The summed E-state index contributed by atoms with van der Waals surface area (Å²) in [5.41, 5.74) is 10.7. The Labute approximate surface area is 195 Å². The van der Waals surface area contributed by atoms with Crippen LogP contribution in [0.1, 0.15) is 29.9 Å². The molecule has 0 bridgehead atoms. The number of benzene rings is 2. The summed E-state index contributed by atoms with van der Waals surface area (Å²) in [7, 11) is 0.524. The number of hydrogen-bond acceptors (Lipinski definition) is 4. The lowest BCUT2D eigenvalue weighted by Gasteiger charge is -2.31. The van der Waals surface area contributed by atoms with Gasteiger partial charge in [0.2, 0.25) is 15.9 Å². The smallest absolute Gasteiger partial charge is 0.221 e. The van der Waals surface area contributed by atoms with Gasteiger partial charge in [-0.15, -0.1) is 0 Å². The van der Waals surface area contributed by atoms with E-state index in [-0.39, 0.29) is 24.0 Å². The summed E-state index contributed by atoms with van der Waals surface area (Å²) in [4.78, 5) is 17.0. The summed E-state index contributed by atoms with van der Waals surface area (Å²) in [6.07, 6.45) is 3.73. The van der Waals surface area contributed by atoms with Gasteiger partial charge in [0.25, 0.3) is 0 Å². The van der Waals surface area contributed by atoms with Crippen LogP contribution in [-0.2, 0) is 21.2 Å². The molecule has 3 aromatic rings. The number of carbonyl (C=O) groups is 1. The number of hydrogen-bond donors (Lipinski definition) is 2. The largest absolute Gasteiger partial charge is 0.369 e. The maximum absolute atomic E-state index is 12.7. The predicted molar refractivity (Wildman–Crippen MR) is 133 cm³/mol. The number of H-pyrrole nitrogens is 1. The first-order chi connectivity index (χ1) is 15.7. The number of piperidine rings is 1. The minimum atomic E-state index is -3.24. The number of nitrogens with one attached hydrogen (secondary N) is 1. The van der Waals surface area contributed by atoms with Crippen LogP contribution in [-0.4, -0.2) is 68.0 Å². The second-order valence-electron chi connectivity index (χ2n) is 9.10. The van der Waals surface area contributed by atoms with Crippen LogP contribution >= 0.6 is 0 Å². The number of aromatic nitrogens is 1. The molecule has 1 aliphatic heterocycles. The van der Waals surface area contributed by atoms with Crippen LogP contribution in [0.4, 0.5) is 0 Å². The number of fused-ring (bicyclic) bond motifs is 1. The Kier molecular flexibility index (Phi) is 6.88. The third-order valence-corrected chi connectivity index (χ3v) is 8.31. The summed E-state index contributed by atoms with van der Waals surface area (Å²) in [6, 6.07) is 14.3. The minimum absolute atomic E-state index is 0.147. The molecule has 1 aromatic heterocycles. The molecule has 2 heterocycles. The zero-order valence-electron chi connectivity index (χ0n) is 19.3. The number of amides is 1. The molecule has 0 saturated carbocycles. The van der Waals surface area contributed by atoms with Gasteiger partial charge in [-0.2, -0.15) is 0 Å². The number of nitrogens with two attached hydrogens (primary N) is 1. The third-order valence-electron chi connectivity index (χ3n) is 6.46. The van der Waals surface area contributed by atoms with Gasteiger partial charge in [0.05, 0.1) is 12.2 Å². The molecule has 176 valence electrons. The van der Waals surface area contributed by atoms with Crippen molar-refractivity contribution in [2.24, 2.45) is 5.73 Å². The zero-order chi connectivity index (χ0) is 23.6. The molecule has 1 fully saturated rings. The molecular formula is C25H32N4O3S. The first-order valence-corrected chi connectivity index (χ1v) is 13.0. The Hall–Kier alpha value is -2.68. The van der Waals surface area contributed by atoms with Crippen LogP contribution in [0.3, 0.4) is 0 Å². The maximum atomic E-state index is 12.7. The van der Waals surface area contributed by atoms with Gasteiger partial charge < -0.3 is 15.6 Å². The highest BCUT2D eigenvalue weighted by Gasteiger charge is 2.30. The fourth-order valence-electron chi connectivity index (χ4n) is 4.66. The number of primary amides is 1. The normalized spacial score (nSPS) is 16.0. The van der Waals surface area contributed by atoms with E-state index in [0.717, 1.165) is 40.4 Å². The van der Waals surface area contributed by atoms with Crippen molar-refractivity contribution in [3.63, 3.8) is 0 Å². The van der Waals surface area contributed by atoms with E-state index in [9.17, 15) is 13.2 Å². The van der Waals surface area contributed by atoms with Gasteiger partial charge in [0.1, 0.15) is 0 Å². The molecule has 3 N–H and O–H groups in total. The van der Waals surface area contributed by atoms with Crippen molar-refractivity contribution in [2.45, 2.75) is 25.2 Å². The van der Waals surface area contributed by atoms with Crippen molar-refractivity contribution in [1.82, 2.24) is 14.2 Å². The molecule has 7 nitrogen and oxygen atoms in total. The zero-order valence-corrected chi connectivity index (χ0v) is 20.1. The highest BCUT2D eigenvalue weighted by Crippen LogP contribution is 2.37. The highest BCUT2D eigenvalue weighted by molar-refractivity contribution is 7.89. The quantitative estimate of drug-likeness (QED) is 0.531. The van der Waals surface area contributed by atoms with Crippen molar-refractivity contribution < 1.29 is 13.2 Å². The first-order valence-electron chi connectivity index (χ1n) is 11.3. The molecule has 1 saturated heterocycles. The van der Waals surface area contributed by atoms with Gasteiger partial charge in [-0.3, -0.25) is 4.79 Å². The summed E-state index contributed by atoms with van der Waals surface area (Å²) >= 11 is 0. The second-order valence-corrected chi connectivity index (χ2v) is 11.2. The van der Waals surface area contributed by atoms with Crippen LogP contribution in [0.25, 0.3) is 22.0 Å². The summed E-state index contributed by atoms with van der Waals surface area (Å²) < 4.78 is 27.0. The Morgan fingerprint density at radius 1 is 1.12 bits per heavy atom. The maximum Gasteiger partial charge on any atom is 0.221 e. The standard InChI is InChI=1S/C25H32N4O3S/c1-28(2)12-13-33(31,32)29-10-8-19(9-11-29)23-17-27-25-21(16-24(26)30)14-20(15-22(23)25)18-6-4-3-5-7-18/h3-7,14-15,17,19,27H,8-13,16H2,1-2H3,(H2,26,30). The number of nitrogens with zero attached hydrogens (tertiary/aromatic N) is 2. The van der Waals surface area contributed by atoms with Gasteiger partial charge in [-0.1, -0.05) is 30.3 Å². The number of aromatic amines is 1. The van der Waals surface area contributed by atoms with Crippen LogP contribution in [0.5, 0.6) is 0 Å². The van der Waals surface area contributed by atoms with Crippen molar-refractivity contribution in [3.8, 4) is 11.1 Å². The lowest BCUT2D eigenvalue weighted by atomic mass is 9.88. The van der Waals surface area contributed by atoms with Gasteiger partial charge in [0, 0.05) is 36.7 Å². The minimum Gasteiger partial charge on any atom is -0.369 e. The Morgan fingerprint density at radius 3 is 2.45 bits per heavy atom. The molecule has 1 amide bonds. The van der Waals surface area contributed by atoms with Crippen LogP contribution in [0.2, 0.25) is 0 Å². The summed E-state index contributed by atoms with van der Waals surface area (Å²) in [5.74, 6) is 0.0367. The fraction of sp³-hybridized carbons (Fsp3) is 0.400. The van der Waals surface area contributed by atoms with E-state index in [0.29, 0.717) is 19.6 Å². The SMILES string of the molecule is CN(C)CCS(=O)(=O)N1CCC(c2c[nH]c3c(CC(N)=O)cc(-c4ccccc4)cc23)CC1. The van der Waals surface area contributed by atoms with Gasteiger partial charge in [-0.25, -0.2) is 12.7 Å². The molecule has 8 heteroatoms. The average molecular weight is 469 g/mol. The highest BCUT2D eigenvalue weighted by atomic mass is 32.2. The monoisotopic (exact) mass is 468 g/mol. The van der Waals surface area contributed by atoms with Crippen LogP contribution in [0.15, 0.2) is 48.7 Å². The topological polar surface area (TPSA) is 99.5 Å². The number of rotatable bonds is 8. The average Bonchev–Trinajstić information content (AvgIpc) is 3.22. The molecule has 2 aromatic carbocycles. The van der Waals surface area contributed by atoms with Gasteiger partial charge in [-0.05, 0) is 67.2 Å². The summed E-state index contributed by atoms with van der Waals surface area (Å²) in [6.45, 7) is 1.58. The van der Waals surface area contributed by atoms with Gasteiger partial charge in [0.15, 0.2) is 0 Å². The molecule has 0 atom stereocenters. The molecule has 1 aliphatic rings. The molecule has 0 spiro atoms. The van der Waals surface area contributed by atoms with E-state index in [1.165, 1.54) is 5.56 Å². The lowest BCUT2D eigenvalue weighted by molar-refractivity contribution is -0.117. The van der Waals surface area contributed by atoms with E-state index < -0.39 is 10.0 Å². The van der Waals surface area contributed by atoms with Crippen molar-refractivity contribution in [2.75, 3.05) is 39.5 Å². The van der Waals surface area contributed by atoms with E-state index in [1.807, 2.05) is 49.5 Å². The van der Waals surface area contributed by atoms with Crippen molar-refractivity contribution >= 4 is 26.8 Å². The van der Waals surface area contributed by atoms with Crippen molar-refractivity contribution in [1.29, 1.82) is 0 Å². The van der Waals surface area contributed by atoms with Crippen molar-refractivity contribution in [3.05, 3.63) is 59.8 Å². The van der Waals surface area contributed by atoms with E-state index >= 15 is 0 Å². The Balaban J connectivity index is 1.62. The molecular weight excluding hydrogens is 436 g/mol. The molecule has 33 heavy (non-hydrogen) atoms. The Morgan fingerprint density at radius 2 is 1.82 bits per heavy atom. The van der Waals surface area contributed by atoms with E-state index in [1.54, 1.807) is 4.31 Å². The van der Waals surface area contributed by atoms with Crippen LogP contribution in [0, 0.1) is 0 Å².